The topological polar surface area (TPSA) is 73.0 Å². The molecule has 0 unspecified atom stereocenters. The van der Waals surface area contributed by atoms with Crippen molar-refractivity contribution in [3.05, 3.63) is 59.7 Å². The summed E-state index contributed by atoms with van der Waals surface area (Å²) in [5.41, 5.74) is 3.82. The number of para-hydroxylation sites is 1. The van der Waals surface area contributed by atoms with E-state index in [2.05, 4.69) is 46.4 Å². The molecule has 1 saturated heterocycles. The van der Waals surface area contributed by atoms with E-state index in [-0.39, 0.29) is 18.9 Å². The van der Waals surface area contributed by atoms with Crippen LogP contribution in [0.2, 0.25) is 0 Å². The number of rotatable bonds is 9. The zero-order chi connectivity index (χ0) is 23.1. The number of nitrogens with one attached hydrogen (secondary N) is 1. The summed E-state index contributed by atoms with van der Waals surface area (Å²) in [6, 6.07) is 15.7. The van der Waals surface area contributed by atoms with Crippen LogP contribution >= 0.6 is 0 Å². The monoisotopic (exact) mass is 458 g/mol. The number of carbonyl (C=O) groups is 1. The molecule has 1 aliphatic rings. The number of likely N-dealkylation sites (N-methyl/N-ethyl adjacent to an activating group) is 1. The van der Waals surface area contributed by atoms with Gasteiger partial charge in [0.05, 0.1) is 11.9 Å². The fourth-order valence-electron chi connectivity index (χ4n) is 3.87. The van der Waals surface area contributed by atoms with Crippen LogP contribution in [0.1, 0.15) is 24.0 Å². The number of aryl methyl sites for hydroxylation is 1. The highest BCUT2D eigenvalue weighted by atomic mass is 32.2. The molecule has 1 N–H and O–H groups in total. The summed E-state index contributed by atoms with van der Waals surface area (Å²) in [7, 11) is -1.27. The third kappa shape index (κ3) is 6.71. The van der Waals surface area contributed by atoms with Gasteiger partial charge >= 0.3 is 0 Å². The van der Waals surface area contributed by atoms with Crippen molar-refractivity contribution in [1.82, 2.24) is 10.2 Å². The number of anilines is 2. The molecule has 7 nitrogen and oxygen atoms in total. The Balaban J connectivity index is 1.46. The summed E-state index contributed by atoms with van der Waals surface area (Å²) >= 11 is 0. The van der Waals surface area contributed by atoms with Gasteiger partial charge < -0.3 is 15.1 Å². The first-order chi connectivity index (χ1) is 15.2. The van der Waals surface area contributed by atoms with Gasteiger partial charge in [-0.15, -0.1) is 0 Å². The highest BCUT2D eigenvalue weighted by Gasteiger charge is 2.19. The molecule has 174 valence electrons. The first-order valence-corrected chi connectivity index (χ1v) is 12.9. The van der Waals surface area contributed by atoms with E-state index in [0.29, 0.717) is 18.7 Å². The summed E-state index contributed by atoms with van der Waals surface area (Å²) in [6.07, 6.45) is 1.93. The molecule has 32 heavy (non-hydrogen) atoms. The van der Waals surface area contributed by atoms with E-state index in [9.17, 15) is 13.2 Å². The van der Waals surface area contributed by atoms with Gasteiger partial charge in [-0.1, -0.05) is 30.3 Å². The van der Waals surface area contributed by atoms with Gasteiger partial charge in [-0.25, -0.2) is 8.42 Å². The average Bonchev–Trinajstić information content (AvgIpc) is 2.76. The van der Waals surface area contributed by atoms with Crippen molar-refractivity contribution < 1.29 is 13.2 Å². The van der Waals surface area contributed by atoms with Gasteiger partial charge in [0, 0.05) is 51.4 Å². The van der Waals surface area contributed by atoms with Crippen LogP contribution in [0.3, 0.4) is 0 Å². The SMILES string of the molecule is Cc1ccccc1N(CCCC(=O)NCc1ccc(N2CCN(C)CC2)cc1)S(C)(=O)=O. The number of hydrogen-bond acceptors (Lipinski definition) is 5. The largest absolute Gasteiger partial charge is 0.369 e. The minimum atomic E-state index is -3.42. The zero-order valence-corrected chi connectivity index (χ0v) is 20.1. The van der Waals surface area contributed by atoms with E-state index >= 15 is 0 Å². The van der Waals surface area contributed by atoms with Crippen molar-refractivity contribution in [2.24, 2.45) is 0 Å². The van der Waals surface area contributed by atoms with Crippen molar-refractivity contribution >= 4 is 27.3 Å². The summed E-state index contributed by atoms with van der Waals surface area (Å²) in [5.74, 6) is -0.0774. The van der Waals surface area contributed by atoms with E-state index in [0.717, 1.165) is 37.3 Å². The minimum absolute atomic E-state index is 0.0774. The van der Waals surface area contributed by atoms with Crippen molar-refractivity contribution in [2.45, 2.75) is 26.3 Å². The number of hydrogen-bond donors (Lipinski definition) is 1. The van der Waals surface area contributed by atoms with E-state index in [1.54, 1.807) is 6.07 Å². The fraction of sp³-hybridized carbons (Fsp3) is 0.458. The molecule has 0 radical (unpaired) electrons. The van der Waals surface area contributed by atoms with Crippen LogP contribution in [0.25, 0.3) is 0 Å². The lowest BCUT2D eigenvalue weighted by atomic mass is 10.1. The van der Waals surface area contributed by atoms with Gasteiger partial charge in [-0.2, -0.15) is 0 Å². The van der Waals surface area contributed by atoms with Crippen LogP contribution in [0, 0.1) is 6.92 Å². The van der Waals surface area contributed by atoms with Crippen LogP contribution in [-0.4, -0.2) is 65.3 Å². The van der Waals surface area contributed by atoms with Crippen LogP contribution in [-0.2, 0) is 21.4 Å². The van der Waals surface area contributed by atoms with E-state index in [1.807, 2.05) is 25.1 Å². The van der Waals surface area contributed by atoms with Crippen molar-refractivity contribution in [1.29, 1.82) is 0 Å². The average molecular weight is 459 g/mol. The summed E-state index contributed by atoms with van der Waals surface area (Å²) in [5, 5.41) is 2.94. The van der Waals surface area contributed by atoms with Gasteiger partial charge in [0.15, 0.2) is 0 Å². The number of benzene rings is 2. The Kier molecular flexibility index (Phi) is 8.15. The third-order valence-electron chi connectivity index (χ3n) is 5.84. The molecule has 0 saturated carbocycles. The lowest BCUT2D eigenvalue weighted by molar-refractivity contribution is -0.121. The predicted octanol–water partition coefficient (Wildman–Crippen LogP) is 2.61. The lowest BCUT2D eigenvalue weighted by Crippen LogP contribution is -2.44. The molecule has 1 amide bonds. The molecule has 8 heteroatoms. The smallest absolute Gasteiger partial charge is 0.232 e. The lowest BCUT2D eigenvalue weighted by Gasteiger charge is -2.34. The van der Waals surface area contributed by atoms with Crippen LogP contribution < -0.4 is 14.5 Å². The van der Waals surface area contributed by atoms with Crippen molar-refractivity contribution in [3.8, 4) is 0 Å². The fourth-order valence-corrected chi connectivity index (χ4v) is 4.89. The maximum atomic E-state index is 12.3. The first-order valence-electron chi connectivity index (χ1n) is 11.1. The van der Waals surface area contributed by atoms with Crippen LogP contribution in [0.15, 0.2) is 48.5 Å². The Labute approximate surface area is 192 Å². The number of carbonyl (C=O) groups excluding carboxylic acids is 1. The molecular weight excluding hydrogens is 424 g/mol. The molecule has 0 bridgehead atoms. The van der Waals surface area contributed by atoms with Gasteiger partial charge in [0.1, 0.15) is 0 Å². The van der Waals surface area contributed by atoms with Gasteiger partial charge in [0.25, 0.3) is 0 Å². The molecule has 3 rings (SSSR count). The number of sulfonamides is 1. The number of piperazine rings is 1. The molecule has 1 aliphatic heterocycles. The Hall–Kier alpha value is -2.58. The van der Waals surface area contributed by atoms with Gasteiger partial charge in [0.2, 0.25) is 15.9 Å². The maximum Gasteiger partial charge on any atom is 0.232 e. The van der Waals surface area contributed by atoms with Gasteiger partial charge in [-0.05, 0) is 49.7 Å². The van der Waals surface area contributed by atoms with Crippen molar-refractivity contribution in [3.63, 3.8) is 0 Å². The molecule has 0 atom stereocenters. The maximum absolute atomic E-state index is 12.3. The molecule has 2 aromatic carbocycles. The normalized spacial score (nSPS) is 14.9. The standard InChI is InChI=1S/C24H34N4O3S/c1-20-7-4-5-8-23(20)28(32(3,30)31)14-6-9-24(29)25-19-21-10-12-22(13-11-21)27-17-15-26(2)16-18-27/h4-5,7-8,10-13H,6,9,14-19H2,1-3H3,(H,25,29). The molecule has 0 aliphatic carbocycles. The second-order valence-electron chi connectivity index (χ2n) is 8.46. The molecule has 0 aromatic heterocycles. The zero-order valence-electron chi connectivity index (χ0n) is 19.3. The quantitative estimate of drug-likeness (QED) is 0.625. The Bertz CT molecular complexity index is 1000. The highest BCUT2D eigenvalue weighted by Crippen LogP contribution is 2.22. The summed E-state index contributed by atoms with van der Waals surface area (Å²) < 4.78 is 25.9. The summed E-state index contributed by atoms with van der Waals surface area (Å²) in [4.78, 5) is 17.0. The molecule has 1 fully saturated rings. The van der Waals surface area contributed by atoms with Crippen LogP contribution in [0.5, 0.6) is 0 Å². The van der Waals surface area contributed by atoms with E-state index < -0.39 is 10.0 Å². The second-order valence-corrected chi connectivity index (χ2v) is 10.4. The molecule has 0 spiro atoms. The number of nitrogens with zero attached hydrogens (tertiary/aromatic N) is 3. The van der Waals surface area contributed by atoms with Crippen LogP contribution in [0.4, 0.5) is 11.4 Å². The first kappa shape index (κ1) is 24.1. The van der Waals surface area contributed by atoms with E-state index in [1.165, 1.54) is 16.2 Å². The molecule has 2 aromatic rings. The highest BCUT2D eigenvalue weighted by molar-refractivity contribution is 7.92. The molecular formula is C24H34N4O3S. The van der Waals surface area contributed by atoms with E-state index in [4.69, 9.17) is 0 Å². The molecule has 1 heterocycles. The summed E-state index contributed by atoms with van der Waals surface area (Å²) in [6.45, 7) is 6.82. The third-order valence-corrected chi connectivity index (χ3v) is 7.02. The van der Waals surface area contributed by atoms with Crippen molar-refractivity contribution in [2.75, 3.05) is 55.2 Å². The predicted molar refractivity (Wildman–Crippen MR) is 131 cm³/mol. The number of amides is 1. The minimum Gasteiger partial charge on any atom is -0.369 e. The Morgan fingerprint density at radius 1 is 1.03 bits per heavy atom. The second kappa shape index (κ2) is 10.8. The Morgan fingerprint density at radius 2 is 1.69 bits per heavy atom. The Morgan fingerprint density at radius 3 is 2.31 bits per heavy atom. The van der Waals surface area contributed by atoms with Gasteiger partial charge in [-0.3, -0.25) is 9.10 Å².